The molecule has 1 amide bonds. The second-order valence-corrected chi connectivity index (χ2v) is 6.53. The minimum Gasteiger partial charge on any atom is -0.453 e. The van der Waals surface area contributed by atoms with Gasteiger partial charge in [-0.25, -0.2) is 14.3 Å². The first-order valence-electron chi connectivity index (χ1n) is 7.50. The molecule has 11 heteroatoms. The monoisotopic (exact) mass is 391 g/mol. The number of carbonyl (C=O) groups excluding carboxylic acids is 2. The number of rotatable bonds is 5. The van der Waals surface area contributed by atoms with Crippen molar-refractivity contribution in [1.29, 1.82) is 0 Å². The van der Waals surface area contributed by atoms with Gasteiger partial charge in [0, 0.05) is 11.1 Å². The number of aromatic nitrogens is 2. The van der Waals surface area contributed by atoms with Gasteiger partial charge in [-0.05, 0) is 42.5 Å². The molecule has 0 aliphatic rings. The molecule has 140 valence electrons. The molecule has 0 saturated heterocycles. The molecule has 0 aliphatic heterocycles. The highest BCUT2D eigenvalue weighted by Gasteiger charge is 2.17. The first-order chi connectivity index (χ1) is 12.7. The van der Waals surface area contributed by atoms with Crippen molar-refractivity contribution in [2.24, 2.45) is 0 Å². The van der Waals surface area contributed by atoms with E-state index in [4.69, 9.17) is 9.79 Å². The third-order valence-electron chi connectivity index (χ3n) is 3.49. The number of fused-ring (bicyclic) bond motifs is 1. The zero-order chi connectivity index (χ0) is 19.6. The van der Waals surface area contributed by atoms with Gasteiger partial charge < -0.3 is 14.2 Å². The van der Waals surface area contributed by atoms with Gasteiger partial charge in [-0.3, -0.25) is 19.9 Å². The maximum Gasteiger partial charge on any atom is 0.524 e. The number of anilines is 1. The first-order valence-corrected chi connectivity index (χ1v) is 9.03. The summed E-state index contributed by atoms with van der Waals surface area (Å²) >= 11 is 0. The lowest BCUT2D eigenvalue weighted by molar-refractivity contribution is 0.103. The Morgan fingerprint density at radius 3 is 2.41 bits per heavy atom. The van der Waals surface area contributed by atoms with Gasteiger partial charge in [-0.15, -0.1) is 0 Å². The number of imidazole rings is 1. The fraction of sp³-hybridized carbons (Fsp3) is 0.0625. The molecule has 0 spiro atoms. The van der Waals surface area contributed by atoms with E-state index in [1.807, 2.05) is 0 Å². The largest absolute Gasteiger partial charge is 0.524 e. The number of H-pyrrole nitrogens is 1. The van der Waals surface area contributed by atoms with Crippen LogP contribution in [0.3, 0.4) is 0 Å². The molecule has 0 radical (unpaired) electrons. The number of hydrogen-bond donors (Lipinski definition) is 4. The maximum atomic E-state index is 12.6. The van der Waals surface area contributed by atoms with Crippen LogP contribution in [0, 0.1) is 0 Å². The van der Waals surface area contributed by atoms with Crippen LogP contribution in [0.5, 0.6) is 5.75 Å². The van der Waals surface area contributed by atoms with Gasteiger partial charge in [0.05, 0.1) is 18.1 Å². The number of carbonyl (C=O) groups is 2. The zero-order valence-electron chi connectivity index (χ0n) is 13.9. The van der Waals surface area contributed by atoms with Crippen molar-refractivity contribution < 1.29 is 33.2 Å². The van der Waals surface area contributed by atoms with Gasteiger partial charge in [0.2, 0.25) is 5.95 Å². The van der Waals surface area contributed by atoms with Gasteiger partial charge in [-0.2, -0.15) is 0 Å². The normalized spacial score (nSPS) is 11.2. The van der Waals surface area contributed by atoms with Crippen molar-refractivity contribution in [3.63, 3.8) is 0 Å². The standard InChI is InChI=1S/C16H14N3O7P/c1-25-16(21)19-15-17-12-7-4-10(8-13(12)18-15)14(20)9-2-5-11(6-3-9)26-27(22,23)24/h2-8H,1H3,(H2,22,23,24)(H2,17,18,19,21). The summed E-state index contributed by atoms with van der Waals surface area (Å²) in [7, 11) is -3.43. The van der Waals surface area contributed by atoms with Crippen molar-refractivity contribution in [2.45, 2.75) is 0 Å². The van der Waals surface area contributed by atoms with Crippen LogP contribution >= 0.6 is 7.82 Å². The fourth-order valence-electron chi connectivity index (χ4n) is 2.33. The summed E-state index contributed by atoms with van der Waals surface area (Å²) < 4.78 is 19.7. The van der Waals surface area contributed by atoms with E-state index in [0.29, 0.717) is 22.2 Å². The molecule has 0 fully saturated rings. The summed E-state index contributed by atoms with van der Waals surface area (Å²) in [6.45, 7) is 0. The molecule has 0 unspecified atom stereocenters. The van der Waals surface area contributed by atoms with Crippen LogP contribution in [-0.2, 0) is 9.30 Å². The van der Waals surface area contributed by atoms with Gasteiger partial charge in [0.15, 0.2) is 5.78 Å². The molecule has 0 saturated carbocycles. The van der Waals surface area contributed by atoms with Crippen LogP contribution in [-0.4, -0.2) is 38.7 Å². The number of aromatic amines is 1. The molecule has 0 atom stereocenters. The van der Waals surface area contributed by atoms with E-state index in [2.05, 4.69) is 24.5 Å². The number of phosphoric acid groups is 1. The highest BCUT2D eigenvalue weighted by atomic mass is 31.2. The molecule has 0 aliphatic carbocycles. The highest BCUT2D eigenvalue weighted by Crippen LogP contribution is 2.37. The summed E-state index contributed by atoms with van der Waals surface area (Å²) in [5.74, 6) is -0.181. The highest BCUT2D eigenvalue weighted by molar-refractivity contribution is 7.46. The second kappa shape index (κ2) is 7.20. The minimum atomic E-state index is -4.66. The molecule has 10 nitrogen and oxygen atoms in total. The summed E-state index contributed by atoms with van der Waals surface area (Å²) in [5, 5.41) is 2.40. The summed E-state index contributed by atoms with van der Waals surface area (Å²) in [6.07, 6.45) is -0.678. The SMILES string of the molecule is COC(=O)Nc1nc2ccc(C(=O)c3ccc(OP(=O)(O)O)cc3)cc2[nH]1. The van der Waals surface area contributed by atoms with E-state index in [9.17, 15) is 14.2 Å². The van der Waals surface area contributed by atoms with Gasteiger partial charge in [0.25, 0.3) is 0 Å². The molecule has 3 rings (SSSR count). The van der Waals surface area contributed by atoms with E-state index in [-0.39, 0.29) is 17.5 Å². The van der Waals surface area contributed by atoms with Crippen LogP contribution in [0.4, 0.5) is 10.7 Å². The predicted molar refractivity (Wildman–Crippen MR) is 94.7 cm³/mol. The Morgan fingerprint density at radius 1 is 1.11 bits per heavy atom. The molecular weight excluding hydrogens is 377 g/mol. The topological polar surface area (TPSA) is 151 Å². The quantitative estimate of drug-likeness (QED) is 0.382. The number of methoxy groups -OCH3 is 1. The van der Waals surface area contributed by atoms with Crippen molar-refractivity contribution in [3.8, 4) is 5.75 Å². The summed E-state index contributed by atoms with van der Waals surface area (Å²) in [4.78, 5) is 48.4. The van der Waals surface area contributed by atoms with Crippen LogP contribution in [0.1, 0.15) is 15.9 Å². The molecule has 27 heavy (non-hydrogen) atoms. The van der Waals surface area contributed by atoms with E-state index in [0.717, 1.165) is 0 Å². The number of ketones is 1. The van der Waals surface area contributed by atoms with Crippen molar-refractivity contribution in [3.05, 3.63) is 53.6 Å². The Balaban J connectivity index is 1.82. The predicted octanol–water partition coefficient (Wildman–Crippen LogP) is 2.44. The van der Waals surface area contributed by atoms with Crippen LogP contribution in [0.2, 0.25) is 0 Å². The van der Waals surface area contributed by atoms with Gasteiger partial charge in [0.1, 0.15) is 5.75 Å². The van der Waals surface area contributed by atoms with Crippen molar-refractivity contribution in [1.82, 2.24) is 9.97 Å². The third kappa shape index (κ3) is 4.50. The van der Waals surface area contributed by atoms with E-state index < -0.39 is 13.9 Å². The van der Waals surface area contributed by atoms with Gasteiger partial charge in [-0.1, -0.05) is 0 Å². The number of nitrogens with zero attached hydrogens (tertiary/aromatic N) is 1. The number of amides is 1. The molecule has 2 aromatic carbocycles. The Labute approximate surface area is 152 Å². The zero-order valence-corrected chi connectivity index (χ0v) is 14.8. The Kier molecular flexibility index (Phi) is 4.95. The van der Waals surface area contributed by atoms with E-state index >= 15 is 0 Å². The lowest BCUT2D eigenvalue weighted by atomic mass is 10.0. The average Bonchev–Trinajstić information content (AvgIpc) is 3.01. The molecule has 1 heterocycles. The molecule has 1 aromatic heterocycles. The van der Waals surface area contributed by atoms with Crippen LogP contribution in [0.15, 0.2) is 42.5 Å². The lowest BCUT2D eigenvalue weighted by Crippen LogP contribution is -2.11. The van der Waals surface area contributed by atoms with Crippen LogP contribution in [0.25, 0.3) is 11.0 Å². The van der Waals surface area contributed by atoms with Crippen molar-refractivity contribution in [2.75, 3.05) is 12.4 Å². The molecule has 3 aromatic rings. The summed E-state index contributed by atoms with van der Waals surface area (Å²) in [6, 6.07) is 10.1. The molecule has 0 bridgehead atoms. The summed E-state index contributed by atoms with van der Waals surface area (Å²) in [5.41, 5.74) is 1.75. The Morgan fingerprint density at radius 2 is 1.78 bits per heavy atom. The number of benzene rings is 2. The Bertz CT molecular complexity index is 1060. The first kappa shape index (κ1) is 18.6. The maximum absolute atomic E-state index is 12.6. The molecule has 4 N–H and O–H groups in total. The number of hydrogen-bond acceptors (Lipinski definition) is 6. The number of nitrogens with one attached hydrogen (secondary N) is 2. The van der Waals surface area contributed by atoms with E-state index in [1.165, 1.54) is 31.4 Å². The smallest absolute Gasteiger partial charge is 0.453 e. The second-order valence-electron chi connectivity index (χ2n) is 5.37. The van der Waals surface area contributed by atoms with Crippen molar-refractivity contribution >= 4 is 36.7 Å². The number of ether oxygens (including phenoxy) is 1. The molecular formula is C16H14N3O7P. The fourth-order valence-corrected chi connectivity index (χ4v) is 2.73. The third-order valence-corrected chi connectivity index (χ3v) is 3.94. The average molecular weight is 391 g/mol. The number of phosphoric ester groups is 1. The van der Waals surface area contributed by atoms with E-state index in [1.54, 1.807) is 18.2 Å². The van der Waals surface area contributed by atoms with Crippen LogP contribution < -0.4 is 9.84 Å². The Hall–Kier alpha value is -3.20. The minimum absolute atomic E-state index is 0.0533. The van der Waals surface area contributed by atoms with Gasteiger partial charge >= 0.3 is 13.9 Å². The lowest BCUT2D eigenvalue weighted by Gasteiger charge is -2.07.